The number of hydrogen-bond donors (Lipinski definition) is 3. The van der Waals surface area contributed by atoms with Gasteiger partial charge < -0.3 is 15.7 Å². The van der Waals surface area contributed by atoms with Crippen LogP contribution >= 0.6 is 0 Å². The summed E-state index contributed by atoms with van der Waals surface area (Å²) in [5, 5.41) is 14.4. The van der Waals surface area contributed by atoms with Crippen molar-refractivity contribution in [2.45, 2.75) is 52.6 Å². The van der Waals surface area contributed by atoms with Crippen LogP contribution in [0.25, 0.3) is 0 Å². The van der Waals surface area contributed by atoms with E-state index >= 15 is 0 Å². The van der Waals surface area contributed by atoms with Crippen molar-refractivity contribution in [3.05, 3.63) is 0 Å². The summed E-state index contributed by atoms with van der Waals surface area (Å²) in [7, 11) is 1.69. The van der Waals surface area contributed by atoms with Crippen LogP contribution in [0.2, 0.25) is 0 Å². The third-order valence-corrected chi connectivity index (χ3v) is 2.45. The number of rotatable bonds is 6. The molecule has 0 aliphatic heterocycles. The number of carboxylic acids is 1. The van der Waals surface area contributed by atoms with Crippen molar-refractivity contribution in [3.63, 3.8) is 0 Å². The van der Waals surface area contributed by atoms with Crippen LogP contribution in [-0.2, 0) is 9.59 Å². The van der Waals surface area contributed by atoms with Crippen LogP contribution in [0.15, 0.2) is 0 Å². The molecule has 0 aliphatic carbocycles. The lowest BCUT2D eigenvalue weighted by Gasteiger charge is -2.26. The molecular formula is C12H24N2O3. The summed E-state index contributed by atoms with van der Waals surface area (Å²) < 4.78 is 0. The number of carboxylic acid groups (broad SMARTS) is 1. The summed E-state index contributed by atoms with van der Waals surface area (Å²) in [6, 6.07) is -0.637. The molecule has 0 fully saturated rings. The van der Waals surface area contributed by atoms with Gasteiger partial charge in [-0.05, 0) is 25.8 Å². The fourth-order valence-corrected chi connectivity index (χ4v) is 1.58. The highest BCUT2D eigenvalue weighted by Gasteiger charge is 2.24. The van der Waals surface area contributed by atoms with Crippen LogP contribution in [-0.4, -0.2) is 36.1 Å². The van der Waals surface area contributed by atoms with E-state index in [1.807, 2.05) is 20.8 Å². The Labute approximate surface area is 103 Å². The highest BCUT2D eigenvalue weighted by Crippen LogP contribution is 2.22. The van der Waals surface area contributed by atoms with Crippen molar-refractivity contribution < 1.29 is 14.7 Å². The van der Waals surface area contributed by atoms with Gasteiger partial charge in [-0.1, -0.05) is 20.8 Å². The van der Waals surface area contributed by atoms with Crippen LogP contribution < -0.4 is 10.6 Å². The molecular weight excluding hydrogens is 220 g/mol. The average molecular weight is 244 g/mol. The minimum absolute atomic E-state index is 0.0176. The van der Waals surface area contributed by atoms with Gasteiger partial charge in [-0.3, -0.25) is 9.59 Å². The van der Waals surface area contributed by atoms with Gasteiger partial charge in [0.1, 0.15) is 0 Å². The molecule has 0 heterocycles. The summed E-state index contributed by atoms with van der Waals surface area (Å²) in [4.78, 5) is 22.4. The zero-order chi connectivity index (χ0) is 13.6. The normalized spacial score (nSPS) is 15.1. The van der Waals surface area contributed by atoms with Gasteiger partial charge in [-0.15, -0.1) is 0 Å². The number of hydrogen-bond acceptors (Lipinski definition) is 3. The topological polar surface area (TPSA) is 78.4 Å². The Hall–Kier alpha value is -1.10. The second-order valence-electron chi connectivity index (χ2n) is 5.58. The summed E-state index contributed by atoms with van der Waals surface area (Å²) in [6.45, 7) is 7.81. The predicted octanol–water partition coefficient (Wildman–Crippen LogP) is 0.990. The summed E-state index contributed by atoms with van der Waals surface area (Å²) in [6.07, 6.45) is 0.598. The number of aliphatic carboxylic acids is 1. The molecule has 0 spiro atoms. The summed E-state index contributed by atoms with van der Waals surface area (Å²) >= 11 is 0. The van der Waals surface area contributed by atoms with Crippen molar-refractivity contribution in [2.24, 2.45) is 5.41 Å². The number of nitrogens with one attached hydrogen (secondary N) is 2. The lowest BCUT2D eigenvalue weighted by Crippen LogP contribution is -2.46. The molecule has 2 unspecified atom stereocenters. The van der Waals surface area contributed by atoms with Crippen molar-refractivity contribution in [1.82, 2.24) is 10.6 Å². The van der Waals surface area contributed by atoms with Crippen LogP contribution in [0.5, 0.6) is 0 Å². The van der Waals surface area contributed by atoms with Crippen LogP contribution in [0.1, 0.15) is 40.5 Å². The monoisotopic (exact) mass is 244 g/mol. The van der Waals surface area contributed by atoms with Gasteiger partial charge in [0.2, 0.25) is 5.91 Å². The summed E-state index contributed by atoms with van der Waals surface area (Å²) in [5.41, 5.74) is -0.0176. The van der Waals surface area contributed by atoms with Crippen molar-refractivity contribution in [2.75, 3.05) is 7.05 Å². The van der Waals surface area contributed by atoms with Crippen molar-refractivity contribution in [1.29, 1.82) is 0 Å². The first kappa shape index (κ1) is 15.9. The van der Waals surface area contributed by atoms with Gasteiger partial charge in [0.05, 0.1) is 12.5 Å². The van der Waals surface area contributed by atoms with E-state index in [-0.39, 0.29) is 29.8 Å². The lowest BCUT2D eigenvalue weighted by molar-refractivity contribution is -0.138. The van der Waals surface area contributed by atoms with E-state index in [0.717, 1.165) is 0 Å². The highest BCUT2D eigenvalue weighted by molar-refractivity contribution is 5.82. The van der Waals surface area contributed by atoms with Crippen molar-refractivity contribution >= 4 is 11.9 Å². The molecule has 3 N–H and O–H groups in total. The average Bonchev–Trinajstić information content (AvgIpc) is 2.12. The van der Waals surface area contributed by atoms with E-state index in [1.54, 1.807) is 14.0 Å². The first-order chi connectivity index (χ1) is 7.65. The number of likely N-dealkylation sites (N-methyl/N-ethyl adjacent to an activating group) is 1. The van der Waals surface area contributed by atoms with Gasteiger partial charge in [0.15, 0.2) is 0 Å². The second-order valence-corrected chi connectivity index (χ2v) is 5.58. The smallest absolute Gasteiger partial charge is 0.305 e. The number of carbonyl (C=O) groups is 2. The van der Waals surface area contributed by atoms with E-state index in [0.29, 0.717) is 6.42 Å². The minimum atomic E-state index is -0.892. The molecule has 0 aromatic heterocycles. The lowest BCUT2D eigenvalue weighted by atomic mass is 9.87. The van der Waals surface area contributed by atoms with Crippen molar-refractivity contribution in [3.8, 4) is 0 Å². The van der Waals surface area contributed by atoms with Crippen LogP contribution in [0, 0.1) is 5.41 Å². The Morgan fingerprint density at radius 2 is 1.82 bits per heavy atom. The Balaban J connectivity index is 4.48. The molecule has 0 saturated carbocycles. The Kier molecular flexibility index (Phi) is 6.16. The first-order valence-electron chi connectivity index (χ1n) is 5.85. The van der Waals surface area contributed by atoms with E-state index in [4.69, 9.17) is 5.11 Å². The standard InChI is InChI=1S/C12H24N2O3/c1-8(13-5)11(17)14-9(6-10(15)16)7-12(2,3)4/h8-9,13H,6-7H2,1-5H3,(H,14,17)(H,15,16). The molecule has 1 amide bonds. The van der Waals surface area contributed by atoms with Gasteiger partial charge in [0, 0.05) is 6.04 Å². The van der Waals surface area contributed by atoms with Crippen LogP contribution in [0.4, 0.5) is 0 Å². The molecule has 100 valence electrons. The largest absolute Gasteiger partial charge is 0.481 e. The Bertz CT molecular complexity index is 271. The molecule has 0 aliphatic rings. The molecule has 0 radical (unpaired) electrons. The third-order valence-electron chi connectivity index (χ3n) is 2.45. The maximum absolute atomic E-state index is 11.7. The number of carbonyl (C=O) groups excluding carboxylic acids is 1. The Morgan fingerprint density at radius 1 is 1.29 bits per heavy atom. The second kappa shape index (κ2) is 6.59. The predicted molar refractivity (Wildman–Crippen MR) is 66.8 cm³/mol. The molecule has 17 heavy (non-hydrogen) atoms. The zero-order valence-corrected chi connectivity index (χ0v) is 11.3. The Morgan fingerprint density at radius 3 is 2.18 bits per heavy atom. The molecule has 2 atom stereocenters. The summed E-state index contributed by atoms with van der Waals surface area (Å²) in [5.74, 6) is -1.06. The third kappa shape index (κ3) is 7.74. The van der Waals surface area contributed by atoms with E-state index in [1.165, 1.54) is 0 Å². The first-order valence-corrected chi connectivity index (χ1v) is 5.85. The maximum atomic E-state index is 11.7. The molecule has 0 saturated heterocycles. The van der Waals surface area contributed by atoms with Gasteiger partial charge in [-0.2, -0.15) is 0 Å². The highest BCUT2D eigenvalue weighted by atomic mass is 16.4. The van der Waals surface area contributed by atoms with Crippen LogP contribution in [0.3, 0.4) is 0 Å². The molecule has 0 aromatic carbocycles. The van der Waals surface area contributed by atoms with E-state index in [9.17, 15) is 9.59 Å². The minimum Gasteiger partial charge on any atom is -0.481 e. The maximum Gasteiger partial charge on any atom is 0.305 e. The fourth-order valence-electron chi connectivity index (χ4n) is 1.58. The SMILES string of the molecule is CNC(C)C(=O)NC(CC(=O)O)CC(C)(C)C. The van der Waals surface area contributed by atoms with E-state index in [2.05, 4.69) is 10.6 Å². The molecule has 5 heteroatoms. The van der Waals surface area contributed by atoms with E-state index < -0.39 is 5.97 Å². The number of amides is 1. The molecule has 0 bridgehead atoms. The molecule has 5 nitrogen and oxygen atoms in total. The van der Waals surface area contributed by atoms with Gasteiger partial charge >= 0.3 is 5.97 Å². The molecule has 0 aromatic rings. The van der Waals surface area contributed by atoms with Gasteiger partial charge in [0.25, 0.3) is 0 Å². The zero-order valence-electron chi connectivity index (χ0n) is 11.3. The quantitative estimate of drug-likeness (QED) is 0.651. The van der Waals surface area contributed by atoms with Gasteiger partial charge in [-0.25, -0.2) is 0 Å². The fraction of sp³-hybridized carbons (Fsp3) is 0.833. The molecule has 0 rings (SSSR count).